The molecule has 0 radical (unpaired) electrons. The molecule has 2 heterocycles. The van der Waals surface area contributed by atoms with Gasteiger partial charge >= 0.3 is 0 Å². The molecule has 120 valence electrons. The second-order valence-electron chi connectivity index (χ2n) is 6.07. The third-order valence-corrected chi connectivity index (χ3v) is 4.08. The Kier molecular flexibility index (Phi) is 5.99. The molecule has 0 bridgehead atoms. The lowest BCUT2D eigenvalue weighted by Gasteiger charge is -2.41. The summed E-state index contributed by atoms with van der Waals surface area (Å²) in [6.45, 7) is 7.91. The molecular formula is C15H27N3O3. The van der Waals surface area contributed by atoms with E-state index >= 15 is 0 Å². The molecule has 0 spiro atoms. The summed E-state index contributed by atoms with van der Waals surface area (Å²) in [6, 6.07) is 0.184. The van der Waals surface area contributed by atoms with Crippen molar-refractivity contribution in [1.82, 2.24) is 15.1 Å². The van der Waals surface area contributed by atoms with Gasteiger partial charge < -0.3 is 19.9 Å². The molecule has 2 aliphatic heterocycles. The van der Waals surface area contributed by atoms with Crippen molar-refractivity contribution in [3.63, 3.8) is 0 Å². The molecule has 1 unspecified atom stereocenters. The van der Waals surface area contributed by atoms with Gasteiger partial charge in [0.2, 0.25) is 11.8 Å². The van der Waals surface area contributed by atoms with Crippen molar-refractivity contribution in [3.05, 3.63) is 0 Å². The van der Waals surface area contributed by atoms with Gasteiger partial charge in [-0.25, -0.2) is 0 Å². The van der Waals surface area contributed by atoms with Gasteiger partial charge in [-0.3, -0.25) is 9.59 Å². The number of nitrogens with zero attached hydrogens (tertiary/aromatic N) is 2. The maximum atomic E-state index is 12.2. The molecule has 1 N–H and O–H groups in total. The first kappa shape index (κ1) is 16.2. The van der Waals surface area contributed by atoms with Gasteiger partial charge in [0.05, 0.1) is 25.7 Å². The zero-order chi connectivity index (χ0) is 15.2. The smallest absolute Gasteiger partial charge is 0.236 e. The highest BCUT2D eigenvalue weighted by Gasteiger charge is 2.31. The Morgan fingerprint density at radius 3 is 2.95 bits per heavy atom. The van der Waals surface area contributed by atoms with Gasteiger partial charge in [0.1, 0.15) is 0 Å². The van der Waals surface area contributed by atoms with Crippen LogP contribution in [0.1, 0.15) is 33.1 Å². The van der Waals surface area contributed by atoms with Crippen LogP contribution in [0.5, 0.6) is 0 Å². The van der Waals surface area contributed by atoms with Crippen LogP contribution in [0.2, 0.25) is 0 Å². The number of piperazine rings is 1. The van der Waals surface area contributed by atoms with E-state index in [2.05, 4.69) is 5.32 Å². The number of hydrogen-bond acceptors (Lipinski definition) is 4. The van der Waals surface area contributed by atoms with Crippen LogP contribution >= 0.6 is 0 Å². The number of amides is 2. The Hall–Kier alpha value is -1.14. The number of likely N-dealkylation sites (tertiary alicyclic amines) is 1. The first-order chi connectivity index (χ1) is 10.1. The average Bonchev–Trinajstić information content (AvgIpc) is 2.47. The van der Waals surface area contributed by atoms with Crippen molar-refractivity contribution in [3.8, 4) is 0 Å². The van der Waals surface area contributed by atoms with Crippen molar-refractivity contribution in [2.45, 2.75) is 45.3 Å². The van der Waals surface area contributed by atoms with Gasteiger partial charge in [0, 0.05) is 32.2 Å². The second kappa shape index (κ2) is 7.75. The minimum Gasteiger partial charge on any atom is -0.378 e. The van der Waals surface area contributed by atoms with E-state index in [1.54, 1.807) is 0 Å². The van der Waals surface area contributed by atoms with Gasteiger partial charge in [-0.1, -0.05) is 0 Å². The number of rotatable bonds is 5. The van der Waals surface area contributed by atoms with E-state index in [0.717, 1.165) is 32.5 Å². The Balaban J connectivity index is 1.82. The van der Waals surface area contributed by atoms with Crippen molar-refractivity contribution in [1.29, 1.82) is 0 Å². The fraction of sp³-hybridized carbons (Fsp3) is 0.867. The number of piperidine rings is 1. The number of hydrogen-bond donors (Lipinski definition) is 1. The summed E-state index contributed by atoms with van der Waals surface area (Å²) >= 11 is 0. The Morgan fingerprint density at radius 1 is 1.43 bits per heavy atom. The molecule has 1 atom stereocenters. The van der Waals surface area contributed by atoms with Crippen LogP contribution in [-0.4, -0.2) is 73.1 Å². The van der Waals surface area contributed by atoms with E-state index in [-0.39, 0.29) is 24.0 Å². The van der Waals surface area contributed by atoms with E-state index in [9.17, 15) is 9.59 Å². The van der Waals surface area contributed by atoms with E-state index in [1.165, 1.54) is 0 Å². The van der Waals surface area contributed by atoms with Crippen molar-refractivity contribution in [2.24, 2.45) is 0 Å². The van der Waals surface area contributed by atoms with Gasteiger partial charge in [-0.15, -0.1) is 0 Å². The Morgan fingerprint density at radius 2 is 2.24 bits per heavy atom. The lowest BCUT2D eigenvalue weighted by molar-refractivity contribution is -0.141. The van der Waals surface area contributed by atoms with E-state index in [0.29, 0.717) is 26.1 Å². The zero-order valence-electron chi connectivity index (χ0n) is 13.1. The molecule has 0 aromatic rings. The predicted molar refractivity (Wildman–Crippen MR) is 79.9 cm³/mol. The highest BCUT2D eigenvalue weighted by molar-refractivity contribution is 5.80. The molecule has 21 heavy (non-hydrogen) atoms. The van der Waals surface area contributed by atoms with Crippen LogP contribution in [0.3, 0.4) is 0 Å². The lowest BCUT2D eigenvalue weighted by Crippen LogP contribution is -2.57. The molecule has 2 rings (SSSR count). The Bertz CT molecular complexity index is 373. The third kappa shape index (κ3) is 4.68. The molecule has 2 aliphatic rings. The van der Waals surface area contributed by atoms with Crippen molar-refractivity contribution < 1.29 is 14.3 Å². The molecule has 0 aromatic carbocycles. The minimum absolute atomic E-state index is 0.142. The van der Waals surface area contributed by atoms with Crippen LogP contribution in [0.25, 0.3) is 0 Å². The van der Waals surface area contributed by atoms with Crippen LogP contribution in [0, 0.1) is 0 Å². The largest absolute Gasteiger partial charge is 0.378 e. The summed E-state index contributed by atoms with van der Waals surface area (Å²) in [7, 11) is 0. The van der Waals surface area contributed by atoms with Crippen molar-refractivity contribution in [2.75, 3.05) is 39.3 Å². The summed E-state index contributed by atoms with van der Waals surface area (Å²) < 4.78 is 5.44. The molecule has 0 saturated carbocycles. The molecule has 0 aromatic heterocycles. The van der Waals surface area contributed by atoms with E-state index in [4.69, 9.17) is 4.74 Å². The van der Waals surface area contributed by atoms with Gasteiger partial charge in [-0.05, 0) is 26.7 Å². The first-order valence-corrected chi connectivity index (χ1v) is 7.97. The number of ether oxygens (including phenoxy) is 1. The maximum Gasteiger partial charge on any atom is 0.236 e. The topological polar surface area (TPSA) is 61.9 Å². The monoisotopic (exact) mass is 297 g/mol. The normalized spacial score (nSPS) is 23.8. The zero-order valence-corrected chi connectivity index (χ0v) is 13.1. The van der Waals surface area contributed by atoms with Crippen LogP contribution in [0.15, 0.2) is 0 Å². The summed E-state index contributed by atoms with van der Waals surface area (Å²) in [5.41, 5.74) is 0. The van der Waals surface area contributed by atoms with Gasteiger partial charge in [-0.2, -0.15) is 0 Å². The molecule has 6 nitrogen and oxygen atoms in total. The standard InChI is InChI=1S/C15H27N3O3/c1-12(2)21-9-5-14(19)17-7-3-4-13(11-17)18-8-6-16-10-15(18)20/h12-13,16H,3-11H2,1-2H3. The fourth-order valence-electron chi connectivity index (χ4n) is 2.98. The predicted octanol–water partition coefficient (Wildman–Crippen LogP) is 0.224. The highest BCUT2D eigenvalue weighted by atomic mass is 16.5. The summed E-state index contributed by atoms with van der Waals surface area (Å²) in [5, 5.41) is 3.09. The maximum absolute atomic E-state index is 12.2. The summed E-state index contributed by atoms with van der Waals surface area (Å²) in [4.78, 5) is 28.0. The number of nitrogens with one attached hydrogen (secondary N) is 1. The quantitative estimate of drug-likeness (QED) is 0.789. The van der Waals surface area contributed by atoms with Crippen molar-refractivity contribution >= 4 is 11.8 Å². The minimum atomic E-state index is 0.142. The third-order valence-electron chi connectivity index (χ3n) is 4.08. The highest BCUT2D eigenvalue weighted by Crippen LogP contribution is 2.17. The number of carbonyl (C=O) groups is 2. The lowest BCUT2D eigenvalue weighted by atomic mass is 10.0. The molecule has 2 saturated heterocycles. The van der Waals surface area contributed by atoms with E-state index < -0.39 is 0 Å². The summed E-state index contributed by atoms with van der Waals surface area (Å²) in [5.74, 6) is 0.298. The molecular weight excluding hydrogens is 270 g/mol. The van der Waals surface area contributed by atoms with Gasteiger partial charge in [0.25, 0.3) is 0 Å². The molecule has 2 fully saturated rings. The number of carbonyl (C=O) groups excluding carboxylic acids is 2. The summed E-state index contributed by atoms with van der Waals surface area (Å²) in [6.07, 6.45) is 2.56. The fourth-order valence-corrected chi connectivity index (χ4v) is 2.98. The molecule has 0 aliphatic carbocycles. The molecule has 2 amide bonds. The van der Waals surface area contributed by atoms with Crippen LogP contribution in [0.4, 0.5) is 0 Å². The first-order valence-electron chi connectivity index (χ1n) is 7.97. The average molecular weight is 297 g/mol. The van der Waals surface area contributed by atoms with E-state index in [1.807, 2.05) is 23.6 Å². The Labute approximate surface area is 126 Å². The SMILES string of the molecule is CC(C)OCCC(=O)N1CCCC(N2CCNCC2=O)C1. The van der Waals surface area contributed by atoms with Gasteiger partial charge in [0.15, 0.2) is 0 Å². The van der Waals surface area contributed by atoms with Crippen LogP contribution < -0.4 is 5.32 Å². The molecule has 6 heteroatoms. The second-order valence-corrected chi connectivity index (χ2v) is 6.07. The van der Waals surface area contributed by atoms with Crippen LogP contribution in [-0.2, 0) is 14.3 Å².